The highest BCUT2D eigenvalue weighted by Gasteiger charge is 2.55. The third-order valence-corrected chi connectivity index (χ3v) is 20.0. The van der Waals surface area contributed by atoms with E-state index >= 15 is 0 Å². The summed E-state index contributed by atoms with van der Waals surface area (Å²) < 4.78 is 5.54. The Balaban J connectivity index is 1.17. The number of fused-ring (bicyclic) bond motifs is 14. The van der Waals surface area contributed by atoms with Gasteiger partial charge in [0.05, 0.1) is 27.7 Å². The van der Waals surface area contributed by atoms with Crippen molar-refractivity contribution in [1.29, 1.82) is 0 Å². The van der Waals surface area contributed by atoms with Crippen LogP contribution < -0.4 is 21.3 Å². The van der Waals surface area contributed by atoms with Crippen molar-refractivity contribution in [2.75, 3.05) is 4.90 Å². The van der Waals surface area contributed by atoms with Crippen LogP contribution in [0.5, 0.6) is 0 Å². The van der Waals surface area contributed by atoms with E-state index in [4.69, 9.17) is 0 Å². The van der Waals surface area contributed by atoms with Crippen LogP contribution in [0.15, 0.2) is 158 Å². The zero-order chi connectivity index (χ0) is 58.4. The fourth-order valence-electron chi connectivity index (χ4n) is 15.4. The summed E-state index contributed by atoms with van der Waals surface area (Å²) in [7, 11) is 0. The lowest BCUT2D eigenvalue weighted by Gasteiger charge is -2.45. The van der Waals surface area contributed by atoms with Gasteiger partial charge in [-0.3, -0.25) is 0 Å². The summed E-state index contributed by atoms with van der Waals surface area (Å²) in [6.45, 7) is 42.8. The molecule has 0 bridgehead atoms. The van der Waals surface area contributed by atoms with Gasteiger partial charge in [0, 0.05) is 49.8 Å². The molecule has 0 saturated carbocycles. The van der Waals surface area contributed by atoms with Crippen LogP contribution in [-0.4, -0.2) is 15.8 Å². The van der Waals surface area contributed by atoms with E-state index in [1.165, 1.54) is 144 Å². The summed E-state index contributed by atoms with van der Waals surface area (Å²) in [4.78, 5) is 2.54. The number of nitrogens with zero attached hydrogens (tertiary/aromatic N) is 3. The van der Waals surface area contributed by atoms with Crippen molar-refractivity contribution < 1.29 is 0 Å². The van der Waals surface area contributed by atoms with Crippen molar-refractivity contribution in [3.05, 3.63) is 213 Å². The highest BCUT2D eigenvalue weighted by Crippen LogP contribution is 2.63. The molecule has 0 saturated heterocycles. The zero-order valence-corrected chi connectivity index (χ0v) is 52.4. The molecule has 1 aliphatic carbocycles. The van der Waals surface area contributed by atoms with Crippen molar-refractivity contribution in [2.45, 2.75) is 163 Å². The topological polar surface area (TPSA) is 13.1 Å². The molecule has 4 heteroatoms. The molecular weight excluding hydrogens is 1000 g/mol. The SMILES string of the molecule is CC(C)(C)c1cccc(N(c2ccccc2)c2ccc3c4c2c2ccc(C(C)(C)C)cc2n4-c2ccc4c5c2B3c2cc(C(C)(C)C)cc3c6cc(C(C)(C)C)cc(c6n-5c23)C42c3cc(C(C)(C)C)ccc3-c3ccc(C(C)(C)C)cc32)c1. The number of benzene rings is 9. The van der Waals surface area contributed by atoms with Gasteiger partial charge in [0.25, 0.3) is 6.71 Å². The van der Waals surface area contributed by atoms with Gasteiger partial charge in [-0.15, -0.1) is 0 Å². The highest BCUT2D eigenvalue weighted by atomic mass is 15.2. The maximum Gasteiger partial charge on any atom is 0.252 e. The molecule has 15 rings (SSSR count). The Morgan fingerprint density at radius 1 is 0.361 bits per heavy atom. The summed E-state index contributed by atoms with van der Waals surface area (Å²) >= 11 is 0. The minimum atomic E-state index is -0.633. The molecule has 3 nitrogen and oxygen atoms in total. The van der Waals surface area contributed by atoms with Crippen molar-refractivity contribution in [3.63, 3.8) is 0 Å². The molecule has 1 spiro atoms. The fraction of sp³-hybridized carbons (Fsp3) is 0.316. The summed E-state index contributed by atoms with van der Waals surface area (Å²) in [5.41, 5.74) is 30.9. The average molecular weight is 1080 g/mol. The number of hydrogen-bond donors (Lipinski definition) is 0. The van der Waals surface area contributed by atoms with Crippen molar-refractivity contribution in [2.24, 2.45) is 0 Å². The van der Waals surface area contributed by atoms with Gasteiger partial charge in [-0.05, 0) is 170 Å². The third-order valence-electron chi connectivity index (χ3n) is 20.0. The number of aromatic nitrogens is 2. The Morgan fingerprint density at radius 3 is 1.49 bits per heavy atom. The van der Waals surface area contributed by atoms with Gasteiger partial charge in [0.1, 0.15) is 0 Å². The molecule has 2 aromatic heterocycles. The number of anilines is 3. The quantitative estimate of drug-likeness (QED) is 0.161. The van der Waals surface area contributed by atoms with Crippen molar-refractivity contribution in [3.8, 4) is 22.5 Å². The third kappa shape index (κ3) is 7.05. The molecular formula is C79H80BN3. The molecule has 0 radical (unpaired) electrons. The Morgan fingerprint density at radius 2 is 0.892 bits per heavy atom. The molecule has 83 heavy (non-hydrogen) atoms. The summed E-state index contributed by atoms with van der Waals surface area (Å²) in [5.74, 6) is 0. The maximum atomic E-state index is 2.81. The molecule has 0 unspecified atom stereocenters. The van der Waals surface area contributed by atoms with Crippen LogP contribution in [0.25, 0.3) is 66.1 Å². The molecule has 3 aliphatic heterocycles. The van der Waals surface area contributed by atoms with Gasteiger partial charge >= 0.3 is 0 Å². The minimum absolute atomic E-state index is 0.0307. The van der Waals surface area contributed by atoms with Crippen LogP contribution in [0.3, 0.4) is 0 Å². The molecule has 9 aromatic carbocycles. The normalized spacial score (nSPS) is 14.9. The summed E-state index contributed by atoms with van der Waals surface area (Å²) in [6, 6.07) is 63.6. The van der Waals surface area contributed by atoms with E-state index in [1.807, 2.05) is 0 Å². The number of hydrogen-bond acceptors (Lipinski definition) is 1. The van der Waals surface area contributed by atoms with Gasteiger partial charge in [0.2, 0.25) is 0 Å². The largest absolute Gasteiger partial charge is 0.310 e. The van der Waals surface area contributed by atoms with E-state index in [2.05, 4.69) is 296 Å². The first-order valence-electron chi connectivity index (χ1n) is 30.7. The Bertz CT molecular complexity index is 4600. The van der Waals surface area contributed by atoms with Crippen LogP contribution in [-0.2, 0) is 37.9 Å². The number of rotatable bonds is 3. The first kappa shape index (κ1) is 52.3. The molecule has 0 N–H and O–H groups in total. The average Bonchev–Trinajstić information content (AvgIpc) is 1.57. The van der Waals surface area contributed by atoms with Crippen LogP contribution in [0.4, 0.5) is 17.1 Å². The Hall–Kier alpha value is -7.56. The standard InChI is InChI=1S/C79H80BN3/c1-73(2,3)45-23-22-26-52(37-45)81(51-24-20-19-21-25-51)64-36-34-62-72-67(64)55-32-29-48(76(10,11)12)44-66(55)82(72)65-35-33-58-71-68(65)80(62)63-43-50(78(16,17)18)39-57-56-38-49(77(13,14)15)42-61(69(56)83(71)70(57)63)79(58)59-40-46(74(4,5)6)27-30-53(59)54-31-28-47(41-60(54)79)75(7,8)9/h19-44H,1-18H3. The lowest BCUT2D eigenvalue weighted by atomic mass is 9.33. The molecule has 0 amide bonds. The van der Waals surface area contributed by atoms with E-state index in [0.29, 0.717) is 0 Å². The number of para-hydroxylation sites is 1. The molecule has 5 heterocycles. The van der Waals surface area contributed by atoms with Crippen LogP contribution in [0, 0.1) is 0 Å². The lowest BCUT2D eigenvalue weighted by molar-refractivity contribution is 0.583. The Labute approximate surface area is 493 Å². The van der Waals surface area contributed by atoms with Crippen molar-refractivity contribution in [1.82, 2.24) is 9.13 Å². The first-order valence-corrected chi connectivity index (χ1v) is 30.7. The van der Waals surface area contributed by atoms with Gasteiger partial charge in [0.15, 0.2) is 0 Å². The second-order valence-corrected chi connectivity index (χ2v) is 31.5. The summed E-state index contributed by atoms with van der Waals surface area (Å²) in [6.07, 6.45) is 0. The van der Waals surface area contributed by atoms with Crippen LogP contribution in [0.2, 0.25) is 0 Å². The molecule has 0 atom stereocenters. The predicted octanol–water partition coefficient (Wildman–Crippen LogP) is 19.0. The fourth-order valence-corrected chi connectivity index (χ4v) is 15.4. The molecule has 4 aliphatic rings. The maximum absolute atomic E-state index is 2.81. The summed E-state index contributed by atoms with van der Waals surface area (Å²) in [5, 5.41) is 5.29. The lowest BCUT2D eigenvalue weighted by Crippen LogP contribution is -2.60. The van der Waals surface area contributed by atoms with Gasteiger partial charge in [-0.2, -0.15) is 0 Å². The highest BCUT2D eigenvalue weighted by molar-refractivity contribution is 7.00. The van der Waals surface area contributed by atoms with E-state index in [1.54, 1.807) is 0 Å². The van der Waals surface area contributed by atoms with E-state index in [0.717, 1.165) is 11.4 Å². The first-order chi connectivity index (χ1) is 39.0. The van der Waals surface area contributed by atoms with Gasteiger partial charge in [-0.1, -0.05) is 228 Å². The van der Waals surface area contributed by atoms with E-state index < -0.39 is 5.41 Å². The van der Waals surface area contributed by atoms with Gasteiger partial charge < -0.3 is 14.0 Å². The second kappa shape index (κ2) is 16.4. The minimum Gasteiger partial charge on any atom is -0.310 e. The van der Waals surface area contributed by atoms with E-state index in [9.17, 15) is 0 Å². The zero-order valence-electron chi connectivity index (χ0n) is 52.4. The van der Waals surface area contributed by atoms with Crippen LogP contribution in [0.1, 0.15) is 180 Å². The van der Waals surface area contributed by atoms with Gasteiger partial charge in [-0.25, -0.2) is 0 Å². The second-order valence-electron chi connectivity index (χ2n) is 31.5. The molecule has 414 valence electrons. The molecule has 11 aromatic rings. The molecule has 0 fully saturated rings. The predicted molar refractivity (Wildman–Crippen MR) is 358 cm³/mol. The smallest absolute Gasteiger partial charge is 0.252 e. The Kier molecular flexibility index (Phi) is 10.3. The van der Waals surface area contributed by atoms with E-state index in [-0.39, 0.29) is 39.2 Å². The monoisotopic (exact) mass is 1080 g/mol. The van der Waals surface area contributed by atoms with Crippen LogP contribution >= 0.6 is 0 Å². The van der Waals surface area contributed by atoms with Crippen molar-refractivity contribution >= 4 is 83.8 Å².